The number of hydrogen-bond acceptors (Lipinski definition) is 4. The van der Waals surface area contributed by atoms with Crippen LogP contribution in [-0.2, 0) is 23.1 Å². The molecule has 0 spiro atoms. The number of nitrogens with one attached hydrogen (secondary N) is 1. The van der Waals surface area contributed by atoms with Crippen LogP contribution >= 0.6 is 11.3 Å². The average molecular weight is 411 g/mol. The Balaban J connectivity index is 1.48. The van der Waals surface area contributed by atoms with E-state index in [0.717, 1.165) is 35.6 Å². The quantitative estimate of drug-likeness (QED) is 0.609. The predicted molar refractivity (Wildman–Crippen MR) is 119 cm³/mol. The predicted octanol–water partition coefficient (Wildman–Crippen LogP) is 5.84. The number of benzene rings is 1. The molecule has 0 saturated carbocycles. The van der Waals surface area contributed by atoms with Crippen molar-refractivity contribution in [2.75, 3.05) is 11.9 Å². The van der Waals surface area contributed by atoms with Crippen LogP contribution in [0, 0.1) is 17.2 Å². The van der Waals surface area contributed by atoms with E-state index in [1.54, 1.807) is 11.3 Å². The van der Waals surface area contributed by atoms with Gasteiger partial charge in [0.1, 0.15) is 16.8 Å². The molecule has 1 aliphatic carbocycles. The normalized spacial score (nSPS) is 16.0. The molecule has 0 unspecified atom stereocenters. The number of ether oxygens (including phenoxy) is 1. The van der Waals surface area contributed by atoms with Gasteiger partial charge >= 0.3 is 0 Å². The van der Waals surface area contributed by atoms with Crippen molar-refractivity contribution in [3.8, 4) is 11.8 Å². The van der Waals surface area contributed by atoms with Gasteiger partial charge in [0.2, 0.25) is 5.91 Å². The summed E-state index contributed by atoms with van der Waals surface area (Å²) in [5, 5.41) is 13.2. The molecule has 1 atom stereocenters. The highest BCUT2D eigenvalue weighted by Crippen LogP contribution is 2.39. The van der Waals surface area contributed by atoms with Crippen molar-refractivity contribution in [2.45, 2.75) is 65.2 Å². The number of hydrogen-bond donors (Lipinski definition) is 1. The topological polar surface area (TPSA) is 62.1 Å². The molecule has 1 aliphatic rings. The van der Waals surface area contributed by atoms with Gasteiger partial charge in [0.25, 0.3) is 0 Å². The first-order valence-corrected chi connectivity index (χ1v) is 11.2. The first-order valence-electron chi connectivity index (χ1n) is 10.4. The minimum atomic E-state index is -0.0557. The third kappa shape index (κ3) is 5.39. The Hall–Kier alpha value is -2.32. The zero-order chi connectivity index (χ0) is 21.0. The number of anilines is 1. The van der Waals surface area contributed by atoms with E-state index in [1.165, 1.54) is 10.4 Å². The molecule has 0 fully saturated rings. The molecule has 0 radical (unpaired) electrons. The first-order chi connectivity index (χ1) is 13.8. The molecule has 1 aromatic carbocycles. The Kier molecular flexibility index (Phi) is 6.64. The molecule has 1 aromatic heterocycles. The lowest BCUT2D eigenvalue weighted by Gasteiger charge is -2.19. The number of rotatable bonds is 6. The number of fused-ring (bicyclic) bond motifs is 1. The van der Waals surface area contributed by atoms with Crippen molar-refractivity contribution >= 4 is 22.2 Å². The molecule has 29 heavy (non-hydrogen) atoms. The molecule has 5 heteroatoms. The van der Waals surface area contributed by atoms with Crippen LogP contribution in [0.3, 0.4) is 0 Å². The summed E-state index contributed by atoms with van der Waals surface area (Å²) in [5.41, 5.74) is 3.21. The van der Waals surface area contributed by atoms with Gasteiger partial charge < -0.3 is 10.1 Å². The van der Waals surface area contributed by atoms with Crippen LogP contribution in [0.25, 0.3) is 0 Å². The maximum absolute atomic E-state index is 12.4. The van der Waals surface area contributed by atoms with Crippen molar-refractivity contribution in [3.05, 3.63) is 45.8 Å². The third-order valence-electron chi connectivity index (χ3n) is 5.41. The molecule has 3 rings (SSSR count). The second kappa shape index (κ2) is 9.00. The zero-order valence-corrected chi connectivity index (χ0v) is 18.6. The Morgan fingerprint density at radius 1 is 1.31 bits per heavy atom. The van der Waals surface area contributed by atoms with Crippen LogP contribution < -0.4 is 10.1 Å². The van der Waals surface area contributed by atoms with Gasteiger partial charge in [-0.3, -0.25) is 4.79 Å². The van der Waals surface area contributed by atoms with E-state index in [1.807, 2.05) is 12.1 Å². The Morgan fingerprint density at radius 3 is 2.69 bits per heavy atom. The second-order valence-corrected chi connectivity index (χ2v) is 10.0. The highest BCUT2D eigenvalue weighted by atomic mass is 32.1. The maximum Gasteiger partial charge on any atom is 0.225 e. The molecule has 0 aliphatic heterocycles. The van der Waals surface area contributed by atoms with E-state index in [4.69, 9.17) is 4.74 Å². The van der Waals surface area contributed by atoms with Gasteiger partial charge in [0, 0.05) is 11.3 Å². The maximum atomic E-state index is 12.4. The number of nitrogens with zero attached hydrogens (tertiary/aromatic N) is 1. The largest absolute Gasteiger partial charge is 0.494 e. The van der Waals surface area contributed by atoms with Gasteiger partial charge in [-0.2, -0.15) is 5.26 Å². The van der Waals surface area contributed by atoms with Gasteiger partial charge in [-0.25, -0.2) is 0 Å². The van der Waals surface area contributed by atoms with E-state index in [0.29, 0.717) is 30.9 Å². The monoisotopic (exact) mass is 410 g/mol. The smallest absolute Gasteiger partial charge is 0.225 e. The number of nitriles is 1. The summed E-state index contributed by atoms with van der Waals surface area (Å²) in [6.07, 6.45) is 4.07. The number of thiophene rings is 1. The van der Waals surface area contributed by atoms with Crippen LogP contribution in [-0.4, -0.2) is 12.5 Å². The fraction of sp³-hybridized carbons (Fsp3) is 0.500. The van der Waals surface area contributed by atoms with Crippen LogP contribution in [0.2, 0.25) is 0 Å². The van der Waals surface area contributed by atoms with E-state index in [9.17, 15) is 10.1 Å². The SMILES string of the molecule is C[C@H]1CCc2c(sc(NC(=O)CCCOc3ccc(C(C)(C)C)cc3)c2C#N)C1. The fourth-order valence-corrected chi connectivity index (χ4v) is 5.00. The molecule has 0 bridgehead atoms. The van der Waals surface area contributed by atoms with E-state index >= 15 is 0 Å². The van der Waals surface area contributed by atoms with Gasteiger partial charge in [-0.05, 0) is 60.3 Å². The summed E-state index contributed by atoms with van der Waals surface area (Å²) in [7, 11) is 0. The number of carbonyl (C=O) groups is 1. The summed E-state index contributed by atoms with van der Waals surface area (Å²) in [6, 6.07) is 10.4. The fourth-order valence-electron chi connectivity index (χ4n) is 3.62. The van der Waals surface area contributed by atoms with Crippen LogP contribution in [0.1, 0.15) is 68.5 Å². The van der Waals surface area contributed by atoms with E-state index in [-0.39, 0.29) is 11.3 Å². The molecule has 2 aromatic rings. The summed E-state index contributed by atoms with van der Waals surface area (Å²) < 4.78 is 5.77. The summed E-state index contributed by atoms with van der Waals surface area (Å²) >= 11 is 1.57. The van der Waals surface area contributed by atoms with Crippen molar-refractivity contribution in [1.29, 1.82) is 5.26 Å². The molecular formula is C24H30N2O2S. The summed E-state index contributed by atoms with van der Waals surface area (Å²) in [6.45, 7) is 9.28. The molecule has 1 heterocycles. The highest BCUT2D eigenvalue weighted by molar-refractivity contribution is 7.16. The van der Waals surface area contributed by atoms with Gasteiger partial charge in [-0.15, -0.1) is 11.3 Å². The molecule has 0 saturated heterocycles. The summed E-state index contributed by atoms with van der Waals surface area (Å²) in [4.78, 5) is 13.6. The van der Waals surface area contributed by atoms with E-state index < -0.39 is 0 Å². The number of amides is 1. The average Bonchev–Trinajstić information content (AvgIpc) is 3.00. The first kappa shape index (κ1) is 21.4. The minimum absolute atomic E-state index is 0.0557. The number of carbonyl (C=O) groups excluding carboxylic acids is 1. The van der Waals surface area contributed by atoms with Crippen molar-refractivity contribution < 1.29 is 9.53 Å². The lowest BCUT2D eigenvalue weighted by Crippen LogP contribution is -2.13. The minimum Gasteiger partial charge on any atom is -0.494 e. The Morgan fingerprint density at radius 2 is 2.03 bits per heavy atom. The zero-order valence-electron chi connectivity index (χ0n) is 17.8. The Bertz CT molecular complexity index is 901. The van der Waals surface area contributed by atoms with E-state index in [2.05, 4.69) is 51.2 Å². The highest BCUT2D eigenvalue weighted by Gasteiger charge is 2.24. The Labute approximate surface area is 177 Å². The van der Waals surface area contributed by atoms with Crippen LogP contribution in [0.15, 0.2) is 24.3 Å². The molecule has 4 nitrogen and oxygen atoms in total. The lowest BCUT2D eigenvalue weighted by molar-refractivity contribution is -0.116. The molecular weight excluding hydrogens is 380 g/mol. The van der Waals surface area contributed by atoms with Crippen molar-refractivity contribution in [3.63, 3.8) is 0 Å². The molecule has 154 valence electrons. The van der Waals surface area contributed by atoms with Crippen molar-refractivity contribution in [1.82, 2.24) is 0 Å². The third-order valence-corrected chi connectivity index (χ3v) is 6.58. The van der Waals surface area contributed by atoms with Crippen LogP contribution in [0.4, 0.5) is 5.00 Å². The van der Waals surface area contributed by atoms with Crippen molar-refractivity contribution in [2.24, 2.45) is 5.92 Å². The van der Waals surface area contributed by atoms with Gasteiger partial charge in [0.15, 0.2) is 0 Å². The standard InChI is InChI=1S/C24H30N2O2S/c1-16-7-12-19-20(15-25)23(29-21(19)14-16)26-22(27)6-5-13-28-18-10-8-17(9-11-18)24(2,3)4/h8-11,16H,5-7,12-14H2,1-4H3,(H,26,27)/t16-/m0/s1. The summed E-state index contributed by atoms with van der Waals surface area (Å²) in [5.74, 6) is 1.41. The molecule has 1 N–H and O–H groups in total. The lowest BCUT2D eigenvalue weighted by atomic mass is 9.87. The van der Waals surface area contributed by atoms with Gasteiger partial charge in [0.05, 0.1) is 12.2 Å². The van der Waals surface area contributed by atoms with Crippen LogP contribution in [0.5, 0.6) is 5.75 Å². The van der Waals surface area contributed by atoms with Gasteiger partial charge in [-0.1, -0.05) is 39.8 Å². The second-order valence-electron chi connectivity index (χ2n) is 8.94. The molecule has 1 amide bonds.